The van der Waals surface area contributed by atoms with Gasteiger partial charge in [0, 0.05) is 0 Å². The van der Waals surface area contributed by atoms with Gasteiger partial charge in [-0.25, -0.2) is 0 Å². The summed E-state index contributed by atoms with van der Waals surface area (Å²) in [5.41, 5.74) is 1.13. The molecule has 0 atom stereocenters. The van der Waals surface area contributed by atoms with Gasteiger partial charge in [-0.3, -0.25) is 4.79 Å². The molecule has 3 rings (SSSR count). The van der Waals surface area contributed by atoms with Gasteiger partial charge in [-0.2, -0.15) is 0 Å². The Bertz CT molecular complexity index is 733. The maximum atomic E-state index is 12.2. The van der Waals surface area contributed by atoms with Gasteiger partial charge in [0.2, 0.25) is 5.78 Å². The minimum Gasteiger partial charge on any atom is -0.506 e. The number of aliphatic hydroxyl groups is 1. The van der Waals surface area contributed by atoms with E-state index in [0.29, 0.717) is 11.1 Å². The molecule has 1 aliphatic carbocycles. The number of allylic oxidation sites excluding steroid dienone is 7. The Morgan fingerprint density at radius 3 is 2.20 bits per heavy atom. The van der Waals surface area contributed by atoms with Crippen LogP contribution in [0.1, 0.15) is 18.9 Å². The van der Waals surface area contributed by atoms with Crippen LogP contribution >= 0.6 is 23.1 Å². The highest BCUT2D eigenvalue weighted by molar-refractivity contribution is 8.06. The van der Waals surface area contributed by atoms with E-state index in [1.165, 1.54) is 0 Å². The molecule has 20 heavy (non-hydrogen) atoms. The van der Waals surface area contributed by atoms with Crippen molar-refractivity contribution in [3.8, 4) is 5.19 Å². The number of aliphatic hydroxyl groups excluding tert-OH is 1. The van der Waals surface area contributed by atoms with Crippen LogP contribution in [-0.2, 0) is 4.79 Å². The molecule has 0 spiro atoms. The van der Waals surface area contributed by atoms with Crippen molar-refractivity contribution in [1.82, 2.24) is 10.2 Å². The summed E-state index contributed by atoms with van der Waals surface area (Å²) in [5.74, 6) is -0.352. The van der Waals surface area contributed by atoms with Crippen LogP contribution < -0.4 is 0 Å². The third kappa shape index (κ3) is 1.99. The first kappa shape index (κ1) is 13.1. The minimum absolute atomic E-state index is 0.0823. The van der Waals surface area contributed by atoms with Gasteiger partial charge >= 0.3 is 0 Å². The highest BCUT2D eigenvalue weighted by Crippen LogP contribution is 2.42. The number of carbonyl (C=O) groups excluding carboxylic acids is 1. The van der Waals surface area contributed by atoms with Crippen molar-refractivity contribution in [2.75, 3.05) is 0 Å². The van der Waals surface area contributed by atoms with E-state index in [1.54, 1.807) is 11.8 Å². The van der Waals surface area contributed by atoms with E-state index in [1.807, 2.05) is 26.0 Å². The first-order valence-corrected chi connectivity index (χ1v) is 7.40. The molecule has 0 saturated heterocycles. The highest BCUT2D eigenvalue weighted by Gasteiger charge is 2.38. The van der Waals surface area contributed by atoms with Crippen molar-refractivity contribution in [3.63, 3.8) is 0 Å². The SMILES string of the molecule is CC1=CC(=C2C(=O)C(c3nnc(O)s3)=C2O)C=C(C)S1. The van der Waals surface area contributed by atoms with Crippen molar-refractivity contribution in [2.45, 2.75) is 13.8 Å². The summed E-state index contributed by atoms with van der Waals surface area (Å²) in [4.78, 5) is 14.3. The number of ketones is 1. The quantitative estimate of drug-likeness (QED) is 0.776. The summed E-state index contributed by atoms with van der Waals surface area (Å²) < 4.78 is 0. The predicted octanol–water partition coefficient (Wildman–Crippen LogP) is 2.95. The van der Waals surface area contributed by atoms with Crippen molar-refractivity contribution in [3.05, 3.63) is 43.9 Å². The van der Waals surface area contributed by atoms with Crippen LogP contribution in [0.3, 0.4) is 0 Å². The van der Waals surface area contributed by atoms with E-state index in [4.69, 9.17) is 0 Å². The van der Waals surface area contributed by atoms with Crippen LogP contribution in [0, 0.1) is 0 Å². The first-order valence-electron chi connectivity index (χ1n) is 5.77. The zero-order chi connectivity index (χ0) is 14.4. The number of rotatable bonds is 1. The molecule has 102 valence electrons. The molecule has 0 saturated carbocycles. The average molecular weight is 306 g/mol. The fourth-order valence-electron chi connectivity index (χ4n) is 2.12. The average Bonchev–Trinajstić information content (AvgIpc) is 2.74. The van der Waals surface area contributed by atoms with Crippen LogP contribution in [0.25, 0.3) is 5.57 Å². The molecule has 5 nitrogen and oxygen atoms in total. The minimum atomic E-state index is -0.270. The van der Waals surface area contributed by atoms with Crippen molar-refractivity contribution in [1.29, 1.82) is 0 Å². The van der Waals surface area contributed by atoms with E-state index < -0.39 is 0 Å². The molecule has 1 aromatic rings. The molecule has 7 heteroatoms. The monoisotopic (exact) mass is 306 g/mol. The summed E-state index contributed by atoms with van der Waals surface area (Å²) in [5, 5.41) is 26.4. The standard InChI is InChI=1S/C13H10N2O3S2/c1-5-3-7(4-6(2)19-5)8-10(16)9(11(8)17)12-14-15-13(18)20-12/h3-4,16H,1-2H3,(H,15,18). The fraction of sp³-hybridized carbons (Fsp3) is 0.154. The molecule has 0 unspecified atom stereocenters. The normalized spacial score (nSPS) is 19.0. The van der Waals surface area contributed by atoms with Crippen LogP contribution in [0.15, 0.2) is 38.9 Å². The Hall–Kier alpha value is -1.86. The molecule has 0 fully saturated rings. The summed E-state index contributed by atoms with van der Waals surface area (Å²) in [7, 11) is 0. The van der Waals surface area contributed by atoms with Gasteiger partial charge in [0.25, 0.3) is 5.19 Å². The molecule has 1 aliphatic heterocycles. The van der Waals surface area contributed by atoms with E-state index >= 15 is 0 Å². The molecule has 2 aliphatic rings. The summed E-state index contributed by atoms with van der Waals surface area (Å²) in [6.07, 6.45) is 3.74. The van der Waals surface area contributed by atoms with Crippen LogP contribution in [-0.4, -0.2) is 26.2 Å². The number of Topliss-reactive ketones (excluding diaryl/α,β-unsaturated/α-hetero) is 1. The van der Waals surface area contributed by atoms with E-state index in [2.05, 4.69) is 10.2 Å². The first-order chi connectivity index (χ1) is 9.47. The lowest BCUT2D eigenvalue weighted by molar-refractivity contribution is -0.111. The number of aromatic hydroxyl groups is 1. The fourth-order valence-corrected chi connectivity index (χ4v) is 3.63. The lowest BCUT2D eigenvalue weighted by atomic mass is 9.84. The van der Waals surface area contributed by atoms with Gasteiger partial charge in [-0.1, -0.05) is 28.2 Å². The Balaban J connectivity index is 2.10. The smallest absolute Gasteiger partial charge is 0.291 e. The predicted molar refractivity (Wildman–Crippen MR) is 78.3 cm³/mol. The summed E-state index contributed by atoms with van der Waals surface area (Å²) >= 11 is 2.49. The van der Waals surface area contributed by atoms with E-state index in [0.717, 1.165) is 21.1 Å². The third-order valence-electron chi connectivity index (χ3n) is 2.88. The van der Waals surface area contributed by atoms with Crippen molar-refractivity contribution < 1.29 is 15.0 Å². The summed E-state index contributed by atoms with van der Waals surface area (Å²) in [6, 6.07) is 0. The second-order valence-corrected chi connectivity index (χ2v) is 6.83. The Kier molecular flexibility index (Phi) is 3.02. The van der Waals surface area contributed by atoms with Crippen LogP contribution in [0.2, 0.25) is 0 Å². The van der Waals surface area contributed by atoms with Gasteiger partial charge in [0.1, 0.15) is 11.3 Å². The molecular weight excluding hydrogens is 296 g/mol. The lowest BCUT2D eigenvalue weighted by Gasteiger charge is -2.22. The van der Waals surface area contributed by atoms with Gasteiger partial charge in [-0.15, -0.1) is 5.10 Å². The Morgan fingerprint density at radius 1 is 1.05 bits per heavy atom. The van der Waals surface area contributed by atoms with Crippen molar-refractivity contribution >= 4 is 34.5 Å². The second kappa shape index (κ2) is 4.60. The van der Waals surface area contributed by atoms with Crippen LogP contribution in [0.5, 0.6) is 5.19 Å². The number of carbonyl (C=O) groups is 1. The maximum absolute atomic E-state index is 12.2. The van der Waals surface area contributed by atoms with Gasteiger partial charge in [0.05, 0.1) is 5.57 Å². The van der Waals surface area contributed by atoms with Gasteiger partial charge in [0.15, 0.2) is 5.01 Å². The highest BCUT2D eigenvalue weighted by atomic mass is 32.2. The number of thioether (sulfide) groups is 1. The molecule has 2 N–H and O–H groups in total. The van der Waals surface area contributed by atoms with Gasteiger partial charge in [-0.05, 0) is 41.4 Å². The largest absolute Gasteiger partial charge is 0.506 e. The molecular formula is C13H10N2O3S2. The Morgan fingerprint density at radius 2 is 1.70 bits per heavy atom. The van der Waals surface area contributed by atoms with Gasteiger partial charge < -0.3 is 10.2 Å². The molecule has 0 radical (unpaired) electrons. The number of hydrogen-bond donors (Lipinski definition) is 2. The maximum Gasteiger partial charge on any atom is 0.291 e. The summed E-state index contributed by atoms with van der Waals surface area (Å²) in [6.45, 7) is 3.91. The molecule has 2 heterocycles. The number of aromatic nitrogens is 2. The van der Waals surface area contributed by atoms with E-state index in [-0.39, 0.29) is 27.3 Å². The second-order valence-electron chi connectivity index (χ2n) is 4.38. The van der Waals surface area contributed by atoms with Crippen LogP contribution in [0.4, 0.5) is 0 Å². The molecule has 1 aromatic heterocycles. The number of nitrogens with zero attached hydrogens (tertiary/aromatic N) is 2. The zero-order valence-corrected chi connectivity index (χ0v) is 12.3. The number of hydrogen-bond acceptors (Lipinski definition) is 7. The molecule has 0 amide bonds. The molecule has 0 aromatic carbocycles. The van der Waals surface area contributed by atoms with Crippen molar-refractivity contribution in [2.24, 2.45) is 0 Å². The Labute approximate surface area is 123 Å². The lowest BCUT2D eigenvalue weighted by Crippen LogP contribution is -2.22. The zero-order valence-electron chi connectivity index (χ0n) is 10.7. The van der Waals surface area contributed by atoms with E-state index in [9.17, 15) is 15.0 Å². The molecule has 0 bridgehead atoms. The topological polar surface area (TPSA) is 83.3 Å². The third-order valence-corrected chi connectivity index (χ3v) is 4.51.